The van der Waals surface area contributed by atoms with E-state index in [-0.39, 0.29) is 5.91 Å². The number of likely N-dealkylation sites (tertiary alicyclic amines) is 1. The number of amides is 1. The number of allylic oxidation sites excluding steroid dienone is 1. The fourth-order valence-electron chi connectivity index (χ4n) is 3.65. The van der Waals surface area contributed by atoms with Crippen molar-refractivity contribution in [3.8, 4) is 0 Å². The van der Waals surface area contributed by atoms with Crippen LogP contribution in [0.25, 0.3) is 6.08 Å². The maximum Gasteiger partial charge on any atom is 0.236 e. The molecule has 25 heavy (non-hydrogen) atoms. The van der Waals surface area contributed by atoms with Crippen molar-refractivity contribution in [3.63, 3.8) is 0 Å². The summed E-state index contributed by atoms with van der Waals surface area (Å²) < 4.78 is 5.35. The average Bonchev–Trinajstić information content (AvgIpc) is 2.67. The molecule has 0 spiro atoms. The number of hydrogen-bond donors (Lipinski definition) is 0. The highest BCUT2D eigenvalue weighted by Gasteiger charge is 2.23. The molecule has 2 aliphatic rings. The summed E-state index contributed by atoms with van der Waals surface area (Å²) in [5.41, 5.74) is 2.73. The summed E-state index contributed by atoms with van der Waals surface area (Å²) in [6, 6.07) is 8.60. The lowest BCUT2D eigenvalue weighted by Gasteiger charge is -2.33. The summed E-state index contributed by atoms with van der Waals surface area (Å²) in [5, 5.41) is 0. The first-order valence-electron chi connectivity index (χ1n) is 9.60. The van der Waals surface area contributed by atoms with Crippen LogP contribution in [0, 0.1) is 5.92 Å². The van der Waals surface area contributed by atoms with Gasteiger partial charge in [0.05, 0.1) is 19.8 Å². The Morgan fingerprint density at radius 2 is 1.88 bits per heavy atom. The molecule has 1 amide bonds. The third-order valence-electron chi connectivity index (χ3n) is 5.34. The molecular formula is C21H30N2O2. The summed E-state index contributed by atoms with van der Waals surface area (Å²) in [5.74, 6) is 0.859. The second-order valence-corrected chi connectivity index (χ2v) is 7.02. The van der Waals surface area contributed by atoms with Crippen LogP contribution in [0.1, 0.15) is 30.9 Å². The summed E-state index contributed by atoms with van der Waals surface area (Å²) in [6.45, 7) is 7.77. The molecule has 2 saturated heterocycles. The maximum absolute atomic E-state index is 12.5. The number of aryl methyl sites for hydroxylation is 1. The summed E-state index contributed by atoms with van der Waals surface area (Å²) in [6.07, 6.45) is 7.82. The van der Waals surface area contributed by atoms with E-state index in [1.165, 1.54) is 11.1 Å². The molecule has 136 valence electrons. The van der Waals surface area contributed by atoms with E-state index in [4.69, 9.17) is 4.74 Å². The number of carbonyl (C=O) groups is 1. The van der Waals surface area contributed by atoms with Gasteiger partial charge in [0, 0.05) is 26.2 Å². The van der Waals surface area contributed by atoms with Gasteiger partial charge in [0.2, 0.25) is 5.91 Å². The Labute approximate surface area is 151 Å². The van der Waals surface area contributed by atoms with Gasteiger partial charge in [-0.2, -0.15) is 0 Å². The van der Waals surface area contributed by atoms with Gasteiger partial charge in [-0.3, -0.25) is 9.69 Å². The minimum Gasteiger partial charge on any atom is -0.379 e. The molecular weight excluding hydrogens is 312 g/mol. The minimum absolute atomic E-state index is 0.278. The monoisotopic (exact) mass is 342 g/mol. The molecule has 0 saturated carbocycles. The Morgan fingerprint density at radius 1 is 1.16 bits per heavy atom. The second-order valence-electron chi connectivity index (χ2n) is 7.02. The maximum atomic E-state index is 12.5. The van der Waals surface area contributed by atoms with E-state index in [1.54, 1.807) is 0 Å². The van der Waals surface area contributed by atoms with E-state index in [0.29, 0.717) is 12.5 Å². The van der Waals surface area contributed by atoms with E-state index < -0.39 is 0 Å². The Morgan fingerprint density at radius 3 is 2.60 bits per heavy atom. The highest BCUT2D eigenvalue weighted by atomic mass is 16.5. The first-order chi connectivity index (χ1) is 12.3. The third kappa shape index (κ3) is 5.16. The number of morpholine rings is 1. The molecule has 0 aromatic heterocycles. The Hall–Kier alpha value is -1.65. The number of carbonyl (C=O) groups excluding carboxylic acids is 1. The first kappa shape index (κ1) is 18.2. The highest BCUT2D eigenvalue weighted by molar-refractivity contribution is 5.78. The molecule has 2 heterocycles. The summed E-state index contributed by atoms with van der Waals surface area (Å²) in [4.78, 5) is 16.7. The molecule has 2 aliphatic heterocycles. The lowest BCUT2D eigenvalue weighted by Crippen LogP contribution is -2.46. The number of benzene rings is 1. The van der Waals surface area contributed by atoms with E-state index >= 15 is 0 Å². The van der Waals surface area contributed by atoms with E-state index in [2.05, 4.69) is 48.2 Å². The zero-order chi connectivity index (χ0) is 17.5. The number of piperidine rings is 1. The quantitative estimate of drug-likeness (QED) is 0.825. The van der Waals surface area contributed by atoms with E-state index in [0.717, 1.165) is 58.7 Å². The van der Waals surface area contributed by atoms with Crippen molar-refractivity contribution < 1.29 is 9.53 Å². The smallest absolute Gasteiger partial charge is 0.236 e. The average molecular weight is 342 g/mol. The van der Waals surface area contributed by atoms with Crippen molar-refractivity contribution in [3.05, 3.63) is 41.5 Å². The number of ether oxygens (including phenoxy) is 1. The molecule has 0 aliphatic carbocycles. The van der Waals surface area contributed by atoms with Gasteiger partial charge < -0.3 is 9.64 Å². The summed E-state index contributed by atoms with van der Waals surface area (Å²) >= 11 is 0. The van der Waals surface area contributed by atoms with Gasteiger partial charge >= 0.3 is 0 Å². The fourth-order valence-corrected chi connectivity index (χ4v) is 3.65. The van der Waals surface area contributed by atoms with Crippen molar-refractivity contribution in [1.29, 1.82) is 0 Å². The molecule has 2 fully saturated rings. The Kier molecular flexibility index (Phi) is 6.65. The van der Waals surface area contributed by atoms with Crippen molar-refractivity contribution >= 4 is 12.0 Å². The SMILES string of the molecule is CCc1ccccc1/C=C/C1CCN(C(=O)CN2CCOCC2)CC1. The third-order valence-corrected chi connectivity index (χ3v) is 5.34. The van der Waals surface area contributed by atoms with Crippen LogP contribution in [0.3, 0.4) is 0 Å². The zero-order valence-corrected chi connectivity index (χ0v) is 15.3. The van der Waals surface area contributed by atoms with Gasteiger partial charge in [-0.05, 0) is 36.3 Å². The van der Waals surface area contributed by atoms with Gasteiger partial charge in [0.25, 0.3) is 0 Å². The molecule has 4 heteroatoms. The second kappa shape index (κ2) is 9.16. The molecule has 3 rings (SSSR count). The van der Waals surface area contributed by atoms with Crippen LogP contribution in [0.4, 0.5) is 0 Å². The lowest BCUT2D eigenvalue weighted by molar-refractivity contribution is -0.134. The molecule has 4 nitrogen and oxygen atoms in total. The molecule has 1 aromatic carbocycles. The van der Waals surface area contributed by atoms with Gasteiger partial charge in [-0.1, -0.05) is 43.3 Å². The van der Waals surface area contributed by atoms with Crippen molar-refractivity contribution in [2.75, 3.05) is 45.9 Å². The number of hydrogen-bond acceptors (Lipinski definition) is 3. The predicted octanol–water partition coefficient (Wildman–Crippen LogP) is 2.83. The molecule has 0 bridgehead atoms. The minimum atomic E-state index is 0.278. The fraction of sp³-hybridized carbons (Fsp3) is 0.571. The van der Waals surface area contributed by atoms with Crippen molar-refractivity contribution in [2.24, 2.45) is 5.92 Å². The van der Waals surface area contributed by atoms with Crippen LogP contribution in [-0.2, 0) is 16.0 Å². The van der Waals surface area contributed by atoms with Crippen molar-refractivity contribution in [2.45, 2.75) is 26.2 Å². The van der Waals surface area contributed by atoms with E-state index in [9.17, 15) is 4.79 Å². The van der Waals surface area contributed by atoms with Gasteiger partial charge in [-0.25, -0.2) is 0 Å². The topological polar surface area (TPSA) is 32.8 Å². The first-order valence-corrected chi connectivity index (χ1v) is 9.60. The molecule has 1 aromatic rings. The molecule has 0 atom stereocenters. The number of nitrogens with zero attached hydrogens (tertiary/aromatic N) is 2. The van der Waals surface area contributed by atoms with Crippen LogP contribution in [-0.4, -0.2) is 61.6 Å². The predicted molar refractivity (Wildman–Crippen MR) is 101 cm³/mol. The van der Waals surface area contributed by atoms with Crippen LogP contribution >= 0.6 is 0 Å². The standard InChI is InChI=1S/C21H30N2O2/c1-2-19-5-3-4-6-20(19)8-7-18-9-11-23(12-10-18)21(24)17-22-13-15-25-16-14-22/h3-8,18H,2,9-17H2,1H3/b8-7+. The normalized spacial score (nSPS) is 20.3. The number of rotatable bonds is 5. The van der Waals surface area contributed by atoms with Gasteiger partial charge in [0.1, 0.15) is 0 Å². The van der Waals surface area contributed by atoms with Crippen LogP contribution in [0.5, 0.6) is 0 Å². The van der Waals surface area contributed by atoms with Crippen LogP contribution < -0.4 is 0 Å². The highest BCUT2D eigenvalue weighted by Crippen LogP contribution is 2.21. The Balaban J connectivity index is 1.46. The van der Waals surface area contributed by atoms with Gasteiger partial charge in [0.15, 0.2) is 0 Å². The zero-order valence-electron chi connectivity index (χ0n) is 15.3. The molecule has 0 unspecified atom stereocenters. The largest absolute Gasteiger partial charge is 0.379 e. The summed E-state index contributed by atoms with van der Waals surface area (Å²) in [7, 11) is 0. The van der Waals surface area contributed by atoms with Crippen LogP contribution in [0.2, 0.25) is 0 Å². The van der Waals surface area contributed by atoms with Gasteiger partial charge in [-0.15, -0.1) is 0 Å². The van der Waals surface area contributed by atoms with Crippen LogP contribution in [0.15, 0.2) is 30.3 Å². The van der Waals surface area contributed by atoms with E-state index in [1.807, 2.05) is 4.90 Å². The molecule has 0 N–H and O–H groups in total. The molecule has 0 radical (unpaired) electrons. The lowest BCUT2D eigenvalue weighted by atomic mass is 9.94. The Bertz CT molecular complexity index is 585. The van der Waals surface area contributed by atoms with Crippen molar-refractivity contribution in [1.82, 2.24) is 9.80 Å².